The maximum atomic E-state index is 11.9. The fourth-order valence-corrected chi connectivity index (χ4v) is 3.21. The first-order chi connectivity index (χ1) is 11.2. The number of rotatable bonds is 4. The Balaban J connectivity index is 2.02. The Morgan fingerprint density at radius 3 is 2.78 bits per heavy atom. The number of thiophene rings is 1. The molecule has 0 amide bonds. The second-order valence-electron chi connectivity index (χ2n) is 4.93. The molecule has 1 aromatic carbocycles. The van der Waals surface area contributed by atoms with E-state index in [9.17, 15) is 4.79 Å². The van der Waals surface area contributed by atoms with E-state index in [0.717, 1.165) is 21.3 Å². The number of ether oxygens (including phenoxy) is 1. The van der Waals surface area contributed by atoms with Crippen LogP contribution in [0.2, 0.25) is 0 Å². The maximum Gasteiger partial charge on any atom is 0.348 e. The molecule has 0 atom stereocenters. The van der Waals surface area contributed by atoms with Crippen molar-refractivity contribution >= 4 is 45.5 Å². The summed E-state index contributed by atoms with van der Waals surface area (Å²) in [6, 6.07) is 13.6. The molecule has 0 saturated heterocycles. The zero-order valence-corrected chi connectivity index (χ0v) is 13.5. The third kappa shape index (κ3) is 3.40. The summed E-state index contributed by atoms with van der Waals surface area (Å²) in [5.74, 6) is 0.106. The molecule has 0 spiro atoms. The largest absolute Gasteiger partial charge is 0.462 e. The molecule has 3 aromatic rings. The van der Waals surface area contributed by atoms with E-state index in [1.54, 1.807) is 6.92 Å². The third-order valence-electron chi connectivity index (χ3n) is 3.29. The Bertz CT molecular complexity index is 869. The predicted octanol–water partition coefficient (Wildman–Crippen LogP) is 4.23. The van der Waals surface area contributed by atoms with Crippen LogP contribution in [-0.2, 0) is 4.74 Å². The minimum atomic E-state index is -0.327. The molecule has 0 bridgehead atoms. The first-order valence-electron chi connectivity index (χ1n) is 7.27. The van der Waals surface area contributed by atoms with Gasteiger partial charge >= 0.3 is 5.97 Å². The van der Waals surface area contributed by atoms with Crippen molar-refractivity contribution in [2.45, 2.75) is 6.92 Å². The molecule has 0 fully saturated rings. The SMILES string of the molecule is CCOC(=O)c1cc2c(/C=C/c3ccccc3)cc(N)nc2s1. The van der Waals surface area contributed by atoms with E-state index < -0.39 is 0 Å². The molecule has 0 saturated carbocycles. The minimum Gasteiger partial charge on any atom is -0.462 e. The number of nitrogen functional groups attached to an aromatic ring is 1. The lowest BCUT2D eigenvalue weighted by Crippen LogP contribution is -2.01. The Labute approximate surface area is 138 Å². The van der Waals surface area contributed by atoms with Gasteiger partial charge in [0.2, 0.25) is 0 Å². The van der Waals surface area contributed by atoms with Crippen LogP contribution in [0.15, 0.2) is 42.5 Å². The van der Waals surface area contributed by atoms with Crippen LogP contribution in [0, 0.1) is 0 Å². The van der Waals surface area contributed by atoms with E-state index in [0.29, 0.717) is 17.3 Å². The number of carbonyl (C=O) groups excluding carboxylic acids is 1. The standard InChI is InChI=1S/C18H16N2O2S/c1-2-22-18(21)15-11-14-13(10-16(19)20-17(14)23-15)9-8-12-6-4-3-5-7-12/h3-11H,2H2,1H3,(H2,19,20)/b9-8+. The lowest BCUT2D eigenvalue weighted by molar-refractivity contribution is 0.0532. The summed E-state index contributed by atoms with van der Waals surface area (Å²) in [4.78, 5) is 17.5. The van der Waals surface area contributed by atoms with Gasteiger partial charge in [0.05, 0.1) is 6.61 Å². The molecule has 0 radical (unpaired) electrons. The average molecular weight is 324 g/mol. The van der Waals surface area contributed by atoms with E-state index in [-0.39, 0.29) is 5.97 Å². The summed E-state index contributed by atoms with van der Waals surface area (Å²) in [7, 11) is 0. The second kappa shape index (κ2) is 6.62. The van der Waals surface area contributed by atoms with Gasteiger partial charge in [-0.1, -0.05) is 42.5 Å². The summed E-state index contributed by atoms with van der Waals surface area (Å²) >= 11 is 1.30. The van der Waals surface area contributed by atoms with Crippen LogP contribution in [0.3, 0.4) is 0 Å². The van der Waals surface area contributed by atoms with Crippen LogP contribution in [-0.4, -0.2) is 17.6 Å². The molecule has 2 aromatic heterocycles. The molecular weight excluding hydrogens is 308 g/mol. The number of hydrogen-bond acceptors (Lipinski definition) is 5. The lowest BCUT2D eigenvalue weighted by Gasteiger charge is -1.99. The molecule has 0 aliphatic carbocycles. The number of anilines is 1. The monoisotopic (exact) mass is 324 g/mol. The maximum absolute atomic E-state index is 11.9. The van der Waals surface area contributed by atoms with E-state index in [1.807, 2.05) is 54.6 Å². The van der Waals surface area contributed by atoms with Gasteiger partial charge in [0.25, 0.3) is 0 Å². The molecule has 23 heavy (non-hydrogen) atoms. The number of esters is 1. The number of hydrogen-bond donors (Lipinski definition) is 1. The Hall–Kier alpha value is -2.66. The van der Waals surface area contributed by atoms with Crippen molar-refractivity contribution in [1.82, 2.24) is 4.98 Å². The Morgan fingerprint density at radius 1 is 1.26 bits per heavy atom. The van der Waals surface area contributed by atoms with Gasteiger partial charge in [0.15, 0.2) is 0 Å². The topological polar surface area (TPSA) is 65.2 Å². The summed E-state index contributed by atoms with van der Waals surface area (Å²) < 4.78 is 5.05. The van der Waals surface area contributed by atoms with Crippen LogP contribution in [0.5, 0.6) is 0 Å². The number of nitrogens with two attached hydrogens (primary N) is 1. The van der Waals surface area contributed by atoms with Crippen molar-refractivity contribution in [3.63, 3.8) is 0 Å². The van der Waals surface area contributed by atoms with Crippen molar-refractivity contribution in [1.29, 1.82) is 0 Å². The number of carbonyl (C=O) groups is 1. The summed E-state index contributed by atoms with van der Waals surface area (Å²) in [5, 5.41) is 0.902. The first kappa shape index (κ1) is 15.2. The van der Waals surface area contributed by atoms with E-state index >= 15 is 0 Å². The van der Waals surface area contributed by atoms with E-state index in [1.165, 1.54) is 11.3 Å². The molecule has 2 heterocycles. The summed E-state index contributed by atoms with van der Waals surface area (Å²) in [6.45, 7) is 2.14. The van der Waals surface area contributed by atoms with Gasteiger partial charge in [-0.05, 0) is 30.2 Å². The van der Waals surface area contributed by atoms with Crippen LogP contribution in [0.4, 0.5) is 5.82 Å². The quantitative estimate of drug-likeness (QED) is 0.730. The highest BCUT2D eigenvalue weighted by Gasteiger charge is 2.14. The zero-order chi connectivity index (χ0) is 16.2. The van der Waals surface area contributed by atoms with Gasteiger partial charge in [-0.15, -0.1) is 11.3 Å². The number of pyridine rings is 1. The number of benzene rings is 1. The van der Waals surface area contributed by atoms with Gasteiger partial charge in [-0.2, -0.15) is 0 Å². The van der Waals surface area contributed by atoms with Crippen molar-refractivity contribution in [3.05, 3.63) is 58.5 Å². The first-order valence-corrected chi connectivity index (χ1v) is 8.09. The van der Waals surface area contributed by atoms with Gasteiger partial charge in [0.1, 0.15) is 15.5 Å². The molecular formula is C18H16N2O2S. The smallest absolute Gasteiger partial charge is 0.348 e. The molecule has 2 N–H and O–H groups in total. The zero-order valence-electron chi connectivity index (χ0n) is 12.7. The van der Waals surface area contributed by atoms with Gasteiger partial charge < -0.3 is 10.5 Å². The number of aromatic nitrogens is 1. The molecule has 116 valence electrons. The Kier molecular flexibility index (Phi) is 4.39. The fourth-order valence-electron chi connectivity index (χ4n) is 2.25. The molecule has 3 rings (SSSR count). The van der Waals surface area contributed by atoms with Crippen molar-refractivity contribution < 1.29 is 9.53 Å². The third-order valence-corrected chi connectivity index (χ3v) is 4.30. The van der Waals surface area contributed by atoms with Crippen LogP contribution in [0.25, 0.3) is 22.4 Å². The van der Waals surface area contributed by atoms with Gasteiger partial charge in [-0.3, -0.25) is 0 Å². The molecule has 0 aliphatic heterocycles. The molecule has 5 heteroatoms. The summed E-state index contributed by atoms with van der Waals surface area (Å²) in [5.41, 5.74) is 7.91. The minimum absolute atomic E-state index is 0.327. The van der Waals surface area contributed by atoms with Crippen molar-refractivity contribution in [2.75, 3.05) is 12.3 Å². The van der Waals surface area contributed by atoms with Crippen LogP contribution < -0.4 is 5.73 Å². The highest BCUT2D eigenvalue weighted by molar-refractivity contribution is 7.20. The number of nitrogens with zero attached hydrogens (tertiary/aromatic N) is 1. The van der Waals surface area contributed by atoms with Crippen molar-refractivity contribution in [2.24, 2.45) is 0 Å². The van der Waals surface area contributed by atoms with Crippen LogP contribution in [0.1, 0.15) is 27.7 Å². The predicted molar refractivity (Wildman–Crippen MR) is 95.4 cm³/mol. The summed E-state index contributed by atoms with van der Waals surface area (Å²) in [6.07, 6.45) is 3.99. The van der Waals surface area contributed by atoms with E-state index in [2.05, 4.69) is 4.98 Å². The fraction of sp³-hybridized carbons (Fsp3) is 0.111. The van der Waals surface area contributed by atoms with Crippen molar-refractivity contribution in [3.8, 4) is 0 Å². The van der Waals surface area contributed by atoms with E-state index in [4.69, 9.17) is 10.5 Å². The van der Waals surface area contributed by atoms with Gasteiger partial charge in [-0.25, -0.2) is 9.78 Å². The molecule has 0 unspecified atom stereocenters. The van der Waals surface area contributed by atoms with Crippen LogP contribution >= 0.6 is 11.3 Å². The normalized spacial score (nSPS) is 11.2. The second-order valence-corrected chi connectivity index (χ2v) is 5.96. The molecule has 0 aliphatic rings. The highest BCUT2D eigenvalue weighted by atomic mass is 32.1. The molecule has 4 nitrogen and oxygen atoms in total. The Morgan fingerprint density at radius 2 is 2.04 bits per heavy atom. The number of fused-ring (bicyclic) bond motifs is 1. The lowest BCUT2D eigenvalue weighted by atomic mass is 10.1. The highest BCUT2D eigenvalue weighted by Crippen LogP contribution is 2.30. The average Bonchev–Trinajstić information content (AvgIpc) is 2.98. The van der Waals surface area contributed by atoms with Gasteiger partial charge in [0, 0.05) is 5.39 Å².